The Morgan fingerprint density at radius 2 is 2.05 bits per heavy atom. The monoisotopic (exact) mass is 295 g/mol. The number of fused-ring (bicyclic) bond motifs is 1. The molecule has 0 spiro atoms. The Hall–Kier alpha value is -2.01. The SMILES string of the molecule is CC(C)(CNC(=O)c1cc2cc(Cl)ccc2o1)C(=O)O. The fourth-order valence-electron chi connectivity index (χ4n) is 1.59. The third-order valence-corrected chi connectivity index (χ3v) is 3.21. The number of nitrogens with one attached hydrogen (secondary N) is 1. The van der Waals surface area contributed by atoms with Gasteiger partial charge in [-0.05, 0) is 38.1 Å². The van der Waals surface area contributed by atoms with Gasteiger partial charge < -0.3 is 14.8 Å². The minimum absolute atomic E-state index is 0.0129. The molecule has 20 heavy (non-hydrogen) atoms. The number of rotatable bonds is 4. The van der Waals surface area contributed by atoms with Crippen LogP contribution in [-0.2, 0) is 4.79 Å². The van der Waals surface area contributed by atoms with E-state index in [1.165, 1.54) is 13.8 Å². The zero-order valence-electron chi connectivity index (χ0n) is 11.1. The van der Waals surface area contributed by atoms with Crippen molar-refractivity contribution in [1.82, 2.24) is 5.32 Å². The second-order valence-corrected chi connectivity index (χ2v) is 5.60. The van der Waals surface area contributed by atoms with E-state index in [0.717, 1.165) is 5.39 Å². The number of hydrogen-bond donors (Lipinski definition) is 2. The summed E-state index contributed by atoms with van der Waals surface area (Å²) < 4.78 is 5.39. The van der Waals surface area contributed by atoms with E-state index < -0.39 is 17.3 Å². The Morgan fingerprint density at radius 3 is 2.70 bits per heavy atom. The van der Waals surface area contributed by atoms with Gasteiger partial charge in [0.05, 0.1) is 5.41 Å². The second kappa shape index (κ2) is 5.17. The number of aliphatic carboxylic acids is 1. The Kier molecular flexibility index (Phi) is 3.72. The van der Waals surface area contributed by atoms with Crippen molar-refractivity contribution in [2.75, 3.05) is 6.54 Å². The van der Waals surface area contributed by atoms with E-state index in [4.69, 9.17) is 21.1 Å². The highest BCUT2D eigenvalue weighted by atomic mass is 35.5. The number of carbonyl (C=O) groups excluding carboxylic acids is 1. The van der Waals surface area contributed by atoms with E-state index in [1.807, 2.05) is 0 Å². The highest BCUT2D eigenvalue weighted by Gasteiger charge is 2.28. The minimum atomic E-state index is -1.04. The average molecular weight is 296 g/mol. The largest absolute Gasteiger partial charge is 0.481 e. The second-order valence-electron chi connectivity index (χ2n) is 5.16. The van der Waals surface area contributed by atoms with Gasteiger partial charge in [-0.1, -0.05) is 11.6 Å². The van der Waals surface area contributed by atoms with Crippen molar-refractivity contribution >= 4 is 34.4 Å². The van der Waals surface area contributed by atoms with Crippen LogP contribution < -0.4 is 5.32 Å². The molecule has 0 atom stereocenters. The summed E-state index contributed by atoms with van der Waals surface area (Å²) in [6.07, 6.45) is 0. The molecule has 0 saturated heterocycles. The molecule has 0 unspecified atom stereocenters. The maximum atomic E-state index is 11.9. The van der Waals surface area contributed by atoms with Crippen molar-refractivity contribution < 1.29 is 19.1 Å². The van der Waals surface area contributed by atoms with Crippen LogP contribution in [0, 0.1) is 5.41 Å². The van der Waals surface area contributed by atoms with E-state index in [-0.39, 0.29) is 12.3 Å². The van der Waals surface area contributed by atoms with Gasteiger partial charge in [0.25, 0.3) is 5.91 Å². The lowest BCUT2D eigenvalue weighted by Gasteiger charge is -2.18. The first-order chi connectivity index (χ1) is 9.29. The number of carboxylic acid groups (broad SMARTS) is 1. The molecule has 2 rings (SSSR count). The van der Waals surface area contributed by atoms with Crippen LogP contribution in [0.4, 0.5) is 0 Å². The van der Waals surface area contributed by atoms with Crippen LogP contribution in [0.5, 0.6) is 0 Å². The van der Waals surface area contributed by atoms with Gasteiger partial charge in [0.15, 0.2) is 5.76 Å². The fourth-order valence-corrected chi connectivity index (χ4v) is 1.77. The molecular formula is C14H14ClNO4. The standard InChI is InChI=1S/C14H14ClNO4/c1-14(2,13(18)19)7-16-12(17)11-6-8-5-9(15)3-4-10(8)20-11/h3-6H,7H2,1-2H3,(H,16,17)(H,18,19). The molecule has 0 saturated carbocycles. The van der Waals surface area contributed by atoms with Gasteiger partial charge in [-0.25, -0.2) is 0 Å². The van der Waals surface area contributed by atoms with E-state index >= 15 is 0 Å². The molecule has 0 fully saturated rings. The van der Waals surface area contributed by atoms with Crippen molar-refractivity contribution in [3.8, 4) is 0 Å². The summed E-state index contributed by atoms with van der Waals surface area (Å²) in [5.41, 5.74) is -0.484. The lowest BCUT2D eigenvalue weighted by atomic mass is 9.94. The Bertz CT molecular complexity index is 675. The van der Waals surface area contributed by atoms with Gasteiger partial charge in [0, 0.05) is 17.0 Å². The number of halogens is 1. The molecule has 1 aromatic heterocycles. The fraction of sp³-hybridized carbons (Fsp3) is 0.286. The number of carbonyl (C=O) groups is 2. The molecule has 2 aromatic rings. The topological polar surface area (TPSA) is 79.5 Å². The molecular weight excluding hydrogens is 282 g/mol. The summed E-state index contributed by atoms with van der Waals surface area (Å²) in [5, 5.41) is 12.8. The van der Waals surface area contributed by atoms with Crippen LogP contribution >= 0.6 is 11.6 Å². The van der Waals surface area contributed by atoms with Gasteiger partial charge in [0.2, 0.25) is 0 Å². The van der Waals surface area contributed by atoms with Crippen molar-refractivity contribution in [2.45, 2.75) is 13.8 Å². The summed E-state index contributed by atoms with van der Waals surface area (Å²) in [6.45, 7) is 3.08. The summed E-state index contributed by atoms with van der Waals surface area (Å²) in [7, 11) is 0. The molecule has 0 aliphatic rings. The Balaban J connectivity index is 2.14. The normalized spacial score (nSPS) is 11.6. The zero-order chi connectivity index (χ0) is 14.9. The van der Waals surface area contributed by atoms with Crippen LogP contribution in [-0.4, -0.2) is 23.5 Å². The van der Waals surface area contributed by atoms with E-state index in [2.05, 4.69) is 5.32 Å². The smallest absolute Gasteiger partial charge is 0.310 e. The van der Waals surface area contributed by atoms with Crippen molar-refractivity contribution in [3.05, 3.63) is 35.0 Å². The Labute approximate surface area is 120 Å². The van der Waals surface area contributed by atoms with Crippen LogP contribution in [0.15, 0.2) is 28.7 Å². The lowest BCUT2D eigenvalue weighted by molar-refractivity contribution is -0.146. The maximum absolute atomic E-state index is 11.9. The number of furan rings is 1. The molecule has 1 amide bonds. The molecule has 1 heterocycles. The summed E-state index contributed by atoms with van der Waals surface area (Å²) in [5.74, 6) is -1.30. The summed E-state index contributed by atoms with van der Waals surface area (Å²) >= 11 is 5.86. The number of hydrogen-bond acceptors (Lipinski definition) is 3. The highest BCUT2D eigenvalue weighted by molar-refractivity contribution is 6.31. The molecule has 106 valence electrons. The van der Waals surface area contributed by atoms with Gasteiger partial charge in [-0.15, -0.1) is 0 Å². The minimum Gasteiger partial charge on any atom is -0.481 e. The number of benzene rings is 1. The molecule has 0 aliphatic heterocycles. The molecule has 5 nitrogen and oxygen atoms in total. The first kappa shape index (κ1) is 14.4. The number of amides is 1. The average Bonchev–Trinajstić information content (AvgIpc) is 2.78. The first-order valence-electron chi connectivity index (χ1n) is 6.00. The Morgan fingerprint density at radius 1 is 1.35 bits per heavy atom. The molecule has 0 bridgehead atoms. The quantitative estimate of drug-likeness (QED) is 0.909. The van der Waals surface area contributed by atoms with Crippen LogP contribution in [0.1, 0.15) is 24.4 Å². The highest BCUT2D eigenvalue weighted by Crippen LogP contribution is 2.23. The molecule has 0 aliphatic carbocycles. The molecule has 6 heteroatoms. The molecule has 1 aromatic carbocycles. The van der Waals surface area contributed by atoms with Crippen molar-refractivity contribution in [3.63, 3.8) is 0 Å². The van der Waals surface area contributed by atoms with Gasteiger partial charge in [0.1, 0.15) is 5.58 Å². The van der Waals surface area contributed by atoms with Crippen LogP contribution in [0.3, 0.4) is 0 Å². The lowest BCUT2D eigenvalue weighted by Crippen LogP contribution is -2.38. The maximum Gasteiger partial charge on any atom is 0.310 e. The van der Waals surface area contributed by atoms with E-state index in [9.17, 15) is 9.59 Å². The first-order valence-corrected chi connectivity index (χ1v) is 6.38. The van der Waals surface area contributed by atoms with E-state index in [0.29, 0.717) is 10.6 Å². The predicted molar refractivity (Wildman–Crippen MR) is 75.0 cm³/mol. The van der Waals surface area contributed by atoms with Crippen LogP contribution in [0.2, 0.25) is 5.02 Å². The van der Waals surface area contributed by atoms with Crippen molar-refractivity contribution in [1.29, 1.82) is 0 Å². The number of carboxylic acids is 1. The van der Waals surface area contributed by atoms with Gasteiger partial charge >= 0.3 is 5.97 Å². The van der Waals surface area contributed by atoms with Crippen molar-refractivity contribution in [2.24, 2.45) is 5.41 Å². The molecule has 2 N–H and O–H groups in total. The van der Waals surface area contributed by atoms with Gasteiger partial charge in [-0.2, -0.15) is 0 Å². The summed E-state index contributed by atoms with van der Waals surface area (Å²) in [6, 6.07) is 6.61. The summed E-state index contributed by atoms with van der Waals surface area (Å²) in [4.78, 5) is 22.9. The van der Waals surface area contributed by atoms with E-state index in [1.54, 1.807) is 24.3 Å². The van der Waals surface area contributed by atoms with Gasteiger partial charge in [-0.3, -0.25) is 9.59 Å². The molecule has 0 radical (unpaired) electrons. The zero-order valence-corrected chi connectivity index (χ0v) is 11.8. The third-order valence-electron chi connectivity index (χ3n) is 2.97. The predicted octanol–water partition coefficient (Wildman–Crippen LogP) is 2.93. The third kappa shape index (κ3) is 2.93. The van der Waals surface area contributed by atoms with Crippen LogP contribution in [0.25, 0.3) is 11.0 Å².